The van der Waals surface area contributed by atoms with Crippen molar-refractivity contribution in [2.24, 2.45) is 0 Å². The molecule has 0 unspecified atom stereocenters. The molecule has 17 nitrogen and oxygen atoms in total. The summed E-state index contributed by atoms with van der Waals surface area (Å²) >= 11 is 6.12. The Bertz CT molecular complexity index is 2200. The molecule has 0 aliphatic carbocycles. The lowest BCUT2D eigenvalue weighted by molar-refractivity contribution is -0.142. The summed E-state index contributed by atoms with van der Waals surface area (Å²) in [5.41, 5.74) is -1.07. The molecule has 4 aromatic rings. The number of benzene rings is 1. The van der Waals surface area contributed by atoms with Crippen LogP contribution in [0.2, 0.25) is 5.15 Å². The molecule has 6 rings (SSSR count). The standard InChI is InChI=1S/C20H23FN2O6.C19H22ClN3O6/c1-20(2,3)29-19(26)23-10-12(8-15(23)18(24)25)28-17-13-9-14(21)16(27-4)7-11(13)5-6-22-17;1-19(2,3)29-18(26)23-9-11(8-12(23)17(24)25)28-16-13(27-4)7-10-5-6-21-15(20)14(10)22-16/h5-7,9,12,15H,8,10H2,1-4H3,(H,24,25);5-7,11-12H,8-9H2,1-4H3,(H,24,25)/t12-,15+;11-,12+/m11/s1. The van der Waals surface area contributed by atoms with E-state index in [0.717, 1.165) is 15.2 Å². The SMILES string of the molecule is COc1cc2ccnc(Cl)c2nc1O[C@@H]1C[C@@H](C(=O)O)N(C(=O)OC(C)(C)C)C1.COc1cc2ccnc(O[C@@H]3C[C@@H](C(=O)O)N(C(=O)OC(C)(C)C)C3)c2cc1F. The Hall–Kier alpha value is -5.91. The van der Waals surface area contributed by atoms with Gasteiger partial charge < -0.3 is 38.6 Å². The number of methoxy groups -OCH3 is 2. The number of carboxylic acids is 2. The quantitative estimate of drug-likeness (QED) is 0.185. The van der Waals surface area contributed by atoms with Crippen LogP contribution < -0.4 is 18.9 Å². The fraction of sp³-hybridized carbons (Fsp3) is 0.462. The number of aromatic nitrogens is 3. The molecule has 3 aromatic heterocycles. The fourth-order valence-electron chi connectivity index (χ4n) is 6.25. The molecular formula is C39H45ClFN5O12. The number of pyridine rings is 3. The number of fused-ring (bicyclic) bond motifs is 2. The Labute approximate surface area is 337 Å². The number of rotatable bonds is 8. The van der Waals surface area contributed by atoms with Crippen LogP contribution in [0.4, 0.5) is 14.0 Å². The van der Waals surface area contributed by atoms with E-state index in [1.54, 1.807) is 65.9 Å². The second kappa shape index (κ2) is 17.3. The smallest absolute Gasteiger partial charge is 0.411 e. The highest BCUT2D eigenvalue weighted by Gasteiger charge is 2.44. The van der Waals surface area contributed by atoms with Gasteiger partial charge in [0.05, 0.1) is 27.3 Å². The molecule has 19 heteroatoms. The van der Waals surface area contributed by atoms with Crippen molar-refractivity contribution in [3.05, 3.63) is 53.7 Å². The minimum atomic E-state index is -1.15. The predicted molar refractivity (Wildman–Crippen MR) is 206 cm³/mol. The predicted octanol–water partition coefficient (Wildman–Crippen LogP) is 6.36. The number of amides is 2. The van der Waals surface area contributed by atoms with Crippen molar-refractivity contribution in [2.75, 3.05) is 27.3 Å². The highest BCUT2D eigenvalue weighted by molar-refractivity contribution is 6.33. The molecule has 5 heterocycles. The van der Waals surface area contributed by atoms with Crippen LogP contribution in [0.3, 0.4) is 0 Å². The molecule has 2 N–H and O–H groups in total. The first-order valence-corrected chi connectivity index (χ1v) is 18.5. The van der Waals surface area contributed by atoms with E-state index in [-0.39, 0.29) is 48.6 Å². The van der Waals surface area contributed by atoms with E-state index in [1.165, 1.54) is 32.5 Å². The van der Waals surface area contributed by atoms with Gasteiger partial charge in [-0.05, 0) is 77.3 Å². The maximum atomic E-state index is 14.2. The van der Waals surface area contributed by atoms with E-state index in [2.05, 4.69) is 15.0 Å². The summed E-state index contributed by atoms with van der Waals surface area (Å²) in [6.07, 6.45) is 0.525. The Kier molecular flexibility index (Phi) is 12.9. The molecule has 1 aromatic carbocycles. The molecule has 0 bridgehead atoms. The van der Waals surface area contributed by atoms with E-state index < -0.39 is 65.4 Å². The van der Waals surface area contributed by atoms with Crippen LogP contribution in [0.25, 0.3) is 21.7 Å². The average molecular weight is 830 g/mol. The van der Waals surface area contributed by atoms with Gasteiger partial charge in [0.15, 0.2) is 22.5 Å². The van der Waals surface area contributed by atoms with Crippen LogP contribution in [0.5, 0.6) is 23.3 Å². The lowest BCUT2D eigenvalue weighted by Crippen LogP contribution is -2.43. The second-order valence-corrected chi connectivity index (χ2v) is 15.8. The van der Waals surface area contributed by atoms with Crippen molar-refractivity contribution in [3.8, 4) is 23.3 Å². The molecule has 58 heavy (non-hydrogen) atoms. The normalized spacial score (nSPS) is 19.3. The van der Waals surface area contributed by atoms with E-state index in [9.17, 15) is 33.8 Å². The summed E-state index contributed by atoms with van der Waals surface area (Å²) < 4.78 is 46.9. The molecule has 312 valence electrons. The van der Waals surface area contributed by atoms with Gasteiger partial charge >= 0.3 is 24.1 Å². The van der Waals surface area contributed by atoms with Gasteiger partial charge in [-0.1, -0.05) is 11.6 Å². The molecule has 2 aliphatic heterocycles. The minimum Gasteiger partial charge on any atom is -0.494 e. The zero-order valence-corrected chi connectivity index (χ0v) is 33.9. The van der Waals surface area contributed by atoms with Gasteiger partial charge in [-0.25, -0.2) is 38.5 Å². The zero-order valence-electron chi connectivity index (χ0n) is 33.1. The summed E-state index contributed by atoms with van der Waals surface area (Å²) in [5, 5.41) is 21.0. The third kappa shape index (κ3) is 10.3. The Morgan fingerprint density at radius 3 is 1.72 bits per heavy atom. The van der Waals surface area contributed by atoms with Gasteiger partial charge in [0, 0.05) is 36.0 Å². The monoisotopic (exact) mass is 829 g/mol. The number of nitrogens with zero attached hydrogens (tertiary/aromatic N) is 5. The molecule has 0 spiro atoms. The van der Waals surface area contributed by atoms with Gasteiger partial charge in [-0.3, -0.25) is 9.80 Å². The first kappa shape index (κ1) is 43.2. The summed E-state index contributed by atoms with van der Waals surface area (Å²) in [5.74, 6) is -2.08. The van der Waals surface area contributed by atoms with Crippen molar-refractivity contribution < 1.29 is 62.2 Å². The molecule has 2 saturated heterocycles. The van der Waals surface area contributed by atoms with Gasteiger partial charge in [-0.2, -0.15) is 0 Å². The first-order valence-electron chi connectivity index (χ1n) is 18.1. The Morgan fingerprint density at radius 2 is 1.22 bits per heavy atom. The number of ether oxygens (including phenoxy) is 6. The molecule has 2 amide bonds. The number of aliphatic carboxylic acids is 2. The number of hydrogen-bond acceptors (Lipinski definition) is 13. The van der Waals surface area contributed by atoms with Crippen LogP contribution >= 0.6 is 11.6 Å². The van der Waals surface area contributed by atoms with Crippen molar-refractivity contribution in [1.29, 1.82) is 0 Å². The molecule has 0 saturated carbocycles. The molecule has 2 fully saturated rings. The maximum Gasteiger partial charge on any atom is 0.411 e. The third-order valence-corrected chi connectivity index (χ3v) is 9.03. The number of halogens is 2. The Balaban J connectivity index is 0.000000221. The van der Waals surface area contributed by atoms with Crippen LogP contribution in [0.1, 0.15) is 54.4 Å². The second-order valence-electron chi connectivity index (χ2n) is 15.4. The Morgan fingerprint density at radius 1 is 0.741 bits per heavy atom. The largest absolute Gasteiger partial charge is 0.494 e. The summed E-state index contributed by atoms with van der Waals surface area (Å²) in [7, 11) is 2.85. The van der Waals surface area contributed by atoms with Gasteiger partial charge in [0.2, 0.25) is 5.88 Å². The van der Waals surface area contributed by atoms with Gasteiger partial charge in [-0.15, -0.1) is 0 Å². The van der Waals surface area contributed by atoms with Crippen molar-refractivity contribution in [2.45, 2.75) is 89.9 Å². The van der Waals surface area contributed by atoms with Crippen molar-refractivity contribution >= 4 is 57.4 Å². The third-order valence-electron chi connectivity index (χ3n) is 8.75. The van der Waals surface area contributed by atoms with E-state index in [4.69, 9.17) is 40.0 Å². The molecule has 4 atom stereocenters. The average Bonchev–Trinajstić information content (AvgIpc) is 3.76. The number of carbonyl (C=O) groups is 4. The lowest BCUT2D eigenvalue weighted by Gasteiger charge is -2.26. The van der Waals surface area contributed by atoms with E-state index >= 15 is 0 Å². The lowest BCUT2D eigenvalue weighted by atomic mass is 10.1. The van der Waals surface area contributed by atoms with Crippen LogP contribution in [0.15, 0.2) is 42.7 Å². The molecular weight excluding hydrogens is 785 g/mol. The molecule has 0 radical (unpaired) electrons. The number of carboxylic acid groups (broad SMARTS) is 2. The van der Waals surface area contributed by atoms with Crippen LogP contribution in [-0.2, 0) is 19.1 Å². The highest BCUT2D eigenvalue weighted by Crippen LogP contribution is 2.35. The first-order chi connectivity index (χ1) is 27.2. The van der Waals surface area contributed by atoms with E-state index in [1.807, 2.05) is 0 Å². The number of likely N-dealkylation sites (tertiary alicyclic amines) is 2. The number of hydrogen-bond donors (Lipinski definition) is 2. The van der Waals surface area contributed by atoms with Crippen LogP contribution in [-0.4, -0.2) is 122 Å². The topological polar surface area (TPSA) is 209 Å². The summed E-state index contributed by atoms with van der Waals surface area (Å²) in [6.45, 7) is 10.3. The maximum absolute atomic E-state index is 14.2. The highest BCUT2D eigenvalue weighted by atomic mass is 35.5. The van der Waals surface area contributed by atoms with Crippen molar-refractivity contribution in [3.63, 3.8) is 0 Å². The summed E-state index contributed by atoms with van der Waals surface area (Å²) in [6, 6.07) is 5.77. The van der Waals surface area contributed by atoms with Crippen LogP contribution in [0, 0.1) is 5.82 Å². The summed E-state index contributed by atoms with van der Waals surface area (Å²) in [4.78, 5) is 62.9. The zero-order chi connectivity index (χ0) is 42.7. The van der Waals surface area contributed by atoms with Gasteiger partial charge in [0.25, 0.3) is 5.88 Å². The minimum absolute atomic E-state index is 0.0165. The van der Waals surface area contributed by atoms with E-state index in [0.29, 0.717) is 22.0 Å². The van der Waals surface area contributed by atoms with Crippen molar-refractivity contribution in [1.82, 2.24) is 24.8 Å². The fourth-order valence-corrected chi connectivity index (χ4v) is 6.46. The molecule has 2 aliphatic rings. The van der Waals surface area contributed by atoms with Gasteiger partial charge in [0.1, 0.15) is 41.0 Å². The number of carbonyl (C=O) groups excluding carboxylic acids is 2.